The monoisotopic (exact) mass is 753 g/mol. The SMILES string of the molecule is c1ccc(-n2c3ccccc3c3cc(-c4ccc5c(c4)c4ccccc4n5-c4ccc(-n5c(-c6cccc(-c7ccncc7)c6)nc6ccccc65)cc4)ccc32)cc1. The van der Waals surface area contributed by atoms with Crippen molar-refractivity contribution in [2.24, 2.45) is 0 Å². The van der Waals surface area contributed by atoms with E-state index in [0.29, 0.717) is 0 Å². The third-order valence-corrected chi connectivity index (χ3v) is 11.8. The summed E-state index contributed by atoms with van der Waals surface area (Å²) < 4.78 is 7.03. The predicted molar refractivity (Wildman–Crippen MR) is 244 cm³/mol. The Morgan fingerprint density at radius 2 is 0.780 bits per heavy atom. The van der Waals surface area contributed by atoms with Crippen molar-refractivity contribution in [3.63, 3.8) is 0 Å². The summed E-state index contributed by atoms with van der Waals surface area (Å²) in [5, 5.41) is 4.96. The van der Waals surface area contributed by atoms with E-state index < -0.39 is 0 Å². The lowest BCUT2D eigenvalue weighted by molar-refractivity contribution is 1.09. The quantitative estimate of drug-likeness (QED) is 0.170. The molecule has 0 aliphatic carbocycles. The van der Waals surface area contributed by atoms with E-state index in [-0.39, 0.29) is 0 Å². The number of hydrogen-bond acceptors (Lipinski definition) is 2. The zero-order valence-electron chi connectivity index (χ0n) is 31.9. The van der Waals surface area contributed by atoms with Crippen LogP contribution >= 0.6 is 0 Å². The molecule has 4 heterocycles. The van der Waals surface area contributed by atoms with Gasteiger partial charge in [0.15, 0.2) is 0 Å². The van der Waals surface area contributed by atoms with Crippen LogP contribution in [0.2, 0.25) is 0 Å². The van der Waals surface area contributed by atoms with Crippen LogP contribution in [0.4, 0.5) is 0 Å². The van der Waals surface area contributed by atoms with Crippen LogP contribution in [-0.4, -0.2) is 23.7 Å². The van der Waals surface area contributed by atoms with E-state index in [1.807, 2.05) is 24.5 Å². The summed E-state index contributed by atoms with van der Waals surface area (Å²) in [5.74, 6) is 0.905. The molecular weight excluding hydrogens is 719 g/mol. The first-order chi connectivity index (χ1) is 29.3. The minimum absolute atomic E-state index is 0.905. The van der Waals surface area contributed by atoms with E-state index in [1.165, 1.54) is 60.4 Å². The van der Waals surface area contributed by atoms with Gasteiger partial charge in [0, 0.05) is 56.6 Å². The number of para-hydroxylation sites is 5. The first-order valence-corrected chi connectivity index (χ1v) is 20.0. The summed E-state index contributed by atoms with van der Waals surface area (Å²) in [6, 6.07) is 71.9. The molecule has 0 spiro atoms. The Bertz CT molecular complexity index is 3540. The average molecular weight is 754 g/mol. The Morgan fingerprint density at radius 1 is 0.288 bits per heavy atom. The zero-order chi connectivity index (χ0) is 38.9. The summed E-state index contributed by atoms with van der Waals surface area (Å²) in [6.07, 6.45) is 3.67. The maximum Gasteiger partial charge on any atom is 0.145 e. The van der Waals surface area contributed by atoms with Crippen LogP contribution in [0.25, 0.3) is 105 Å². The van der Waals surface area contributed by atoms with Gasteiger partial charge in [0.05, 0.1) is 33.1 Å². The maximum atomic E-state index is 5.17. The van der Waals surface area contributed by atoms with Crippen molar-refractivity contribution >= 4 is 54.6 Å². The number of nitrogens with zero attached hydrogens (tertiary/aromatic N) is 5. The second-order valence-electron chi connectivity index (χ2n) is 15.1. The molecule has 0 saturated carbocycles. The molecule has 12 aromatic rings. The molecule has 0 radical (unpaired) electrons. The van der Waals surface area contributed by atoms with Crippen LogP contribution in [-0.2, 0) is 0 Å². The minimum atomic E-state index is 0.905. The van der Waals surface area contributed by atoms with Crippen LogP contribution in [0.3, 0.4) is 0 Å². The number of rotatable bonds is 6. The zero-order valence-corrected chi connectivity index (χ0v) is 31.9. The van der Waals surface area contributed by atoms with Crippen molar-refractivity contribution in [3.8, 4) is 50.7 Å². The molecule has 0 aliphatic heterocycles. The number of pyridine rings is 1. The van der Waals surface area contributed by atoms with Gasteiger partial charge in [-0.05, 0) is 125 Å². The van der Waals surface area contributed by atoms with Crippen molar-refractivity contribution in [2.45, 2.75) is 0 Å². The van der Waals surface area contributed by atoms with Gasteiger partial charge in [-0.2, -0.15) is 0 Å². The molecule has 0 amide bonds. The molecule has 0 aliphatic rings. The third-order valence-electron chi connectivity index (χ3n) is 11.8. The normalized spacial score (nSPS) is 11.7. The van der Waals surface area contributed by atoms with Gasteiger partial charge in [-0.15, -0.1) is 0 Å². The fraction of sp³-hybridized carbons (Fsp3) is 0. The molecule has 5 heteroatoms. The highest BCUT2D eigenvalue weighted by atomic mass is 15.1. The van der Waals surface area contributed by atoms with Crippen molar-refractivity contribution in [3.05, 3.63) is 213 Å². The Labute approximate surface area is 340 Å². The smallest absolute Gasteiger partial charge is 0.145 e. The molecule has 4 aromatic heterocycles. The molecule has 8 aromatic carbocycles. The molecule has 0 fully saturated rings. The summed E-state index contributed by atoms with van der Waals surface area (Å²) in [6.45, 7) is 0. The van der Waals surface area contributed by atoms with Crippen molar-refractivity contribution < 1.29 is 0 Å². The van der Waals surface area contributed by atoms with E-state index >= 15 is 0 Å². The van der Waals surface area contributed by atoms with Crippen molar-refractivity contribution in [1.29, 1.82) is 0 Å². The fourth-order valence-electron chi connectivity index (χ4n) is 9.05. The van der Waals surface area contributed by atoms with Gasteiger partial charge < -0.3 is 9.13 Å². The third kappa shape index (κ3) is 5.33. The topological polar surface area (TPSA) is 40.6 Å². The minimum Gasteiger partial charge on any atom is -0.309 e. The molecular formula is C54H35N5. The highest BCUT2D eigenvalue weighted by Crippen LogP contribution is 2.39. The summed E-state index contributed by atoms with van der Waals surface area (Å²) in [4.78, 5) is 9.39. The summed E-state index contributed by atoms with van der Waals surface area (Å²) in [5.41, 5.74) is 15.8. The standard InChI is InChI=1S/C54H35N5/c1-2-13-41(14-3-1)57-49-18-7-4-15-44(49)46-34-38(21-27-51(46)57)39-22-28-52-47(35-39)45-16-5-8-19-50(45)58(52)42-23-25-43(26-24-42)59-53-20-9-6-17-48(53)56-54(59)40-12-10-11-37(33-40)36-29-31-55-32-30-36/h1-35H. The number of benzene rings is 8. The summed E-state index contributed by atoms with van der Waals surface area (Å²) >= 11 is 0. The van der Waals surface area contributed by atoms with E-state index in [4.69, 9.17) is 4.98 Å². The van der Waals surface area contributed by atoms with Crippen LogP contribution in [0.5, 0.6) is 0 Å². The van der Waals surface area contributed by atoms with Gasteiger partial charge in [-0.3, -0.25) is 9.55 Å². The largest absolute Gasteiger partial charge is 0.309 e. The Kier molecular flexibility index (Phi) is 7.47. The van der Waals surface area contributed by atoms with Crippen LogP contribution < -0.4 is 0 Å². The Morgan fingerprint density at radius 3 is 1.42 bits per heavy atom. The number of hydrogen-bond donors (Lipinski definition) is 0. The Balaban J connectivity index is 0.963. The van der Waals surface area contributed by atoms with Gasteiger partial charge in [0.1, 0.15) is 5.82 Å². The second kappa shape index (κ2) is 13.3. The molecule has 59 heavy (non-hydrogen) atoms. The molecule has 0 saturated heterocycles. The van der Waals surface area contributed by atoms with Crippen LogP contribution in [0.1, 0.15) is 0 Å². The number of fused-ring (bicyclic) bond motifs is 7. The molecule has 0 bridgehead atoms. The molecule has 0 atom stereocenters. The van der Waals surface area contributed by atoms with Crippen LogP contribution in [0, 0.1) is 0 Å². The van der Waals surface area contributed by atoms with Crippen molar-refractivity contribution in [2.75, 3.05) is 0 Å². The van der Waals surface area contributed by atoms with E-state index in [1.54, 1.807) is 0 Å². The van der Waals surface area contributed by atoms with Gasteiger partial charge in [-0.1, -0.05) is 97.1 Å². The summed E-state index contributed by atoms with van der Waals surface area (Å²) in [7, 11) is 0. The van der Waals surface area contributed by atoms with E-state index in [2.05, 4.69) is 207 Å². The van der Waals surface area contributed by atoms with Gasteiger partial charge in [-0.25, -0.2) is 4.98 Å². The van der Waals surface area contributed by atoms with Crippen molar-refractivity contribution in [1.82, 2.24) is 23.7 Å². The lowest BCUT2D eigenvalue weighted by atomic mass is 10.0. The van der Waals surface area contributed by atoms with Gasteiger partial charge in [0.25, 0.3) is 0 Å². The van der Waals surface area contributed by atoms with E-state index in [0.717, 1.165) is 44.9 Å². The molecule has 276 valence electrons. The lowest BCUT2D eigenvalue weighted by Gasteiger charge is -2.13. The first kappa shape index (κ1) is 33.2. The highest BCUT2D eigenvalue weighted by Gasteiger charge is 2.18. The predicted octanol–water partition coefficient (Wildman–Crippen LogP) is 13.6. The molecule has 0 unspecified atom stereocenters. The average Bonchev–Trinajstić information content (AvgIpc) is 3.97. The molecule has 12 rings (SSSR count). The van der Waals surface area contributed by atoms with Gasteiger partial charge in [0.2, 0.25) is 0 Å². The molecule has 0 N–H and O–H groups in total. The highest BCUT2D eigenvalue weighted by molar-refractivity contribution is 6.12. The fourth-order valence-corrected chi connectivity index (χ4v) is 9.05. The van der Waals surface area contributed by atoms with E-state index in [9.17, 15) is 0 Å². The number of aromatic nitrogens is 5. The van der Waals surface area contributed by atoms with Crippen LogP contribution in [0.15, 0.2) is 213 Å². The Hall–Kier alpha value is -8.02. The maximum absolute atomic E-state index is 5.17. The first-order valence-electron chi connectivity index (χ1n) is 20.0. The second-order valence-corrected chi connectivity index (χ2v) is 15.1. The lowest BCUT2D eigenvalue weighted by Crippen LogP contribution is -1.99. The number of imidazole rings is 1. The van der Waals surface area contributed by atoms with Gasteiger partial charge >= 0.3 is 0 Å². The molecule has 5 nitrogen and oxygen atoms in total.